The smallest absolute Gasteiger partial charge is 0.310 e. The van der Waals surface area contributed by atoms with Gasteiger partial charge >= 0.3 is 5.97 Å². The zero-order chi connectivity index (χ0) is 12.5. The van der Waals surface area contributed by atoms with Gasteiger partial charge in [0.15, 0.2) is 11.6 Å². The van der Waals surface area contributed by atoms with Crippen molar-refractivity contribution in [3.8, 4) is 5.75 Å². The summed E-state index contributed by atoms with van der Waals surface area (Å²) in [7, 11) is 1.20. The Balaban J connectivity index is 3.39. The maximum absolute atomic E-state index is 13.5. The highest BCUT2D eigenvalue weighted by Gasteiger charge is 2.24. The van der Waals surface area contributed by atoms with Gasteiger partial charge < -0.3 is 9.84 Å². The molecular formula is C10H9BrF2O3. The summed E-state index contributed by atoms with van der Waals surface area (Å²) in [6.07, 6.45) is 0. The van der Waals surface area contributed by atoms with Crippen molar-refractivity contribution in [2.45, 2.75) is 12.8 Å². The minimum atomic E-state index is -1.23. The van der Waals surface area contributed by atoms with Crippen LogP contribution in [0.5, 0.6) is 5.75 Å². The van der Waals surface area contributed by atoms with E-state index in [0.717, 1.165) is 0 Å². The molecule has 0 saturated heterocycles. The van der Waals surface area contributed by atoms with Crippen molar-refractivity contribution in [1.82, 2.24) is 0 Å². The Morgan fingerprint density at radius 2 is 2.06 bits per heavy atom. The molecule has 0 radical (unpaired) electrons. The van der Waals surface area contributed by atoms with Gasteiger partial charge in [-0.25, -0.2) is 4.39 Å². The Kier molecular flexibility index (Phi) is 3.85. The Hall–Kier alpha value is -1.17. The first kappa shape index (κ1) is 12.9. The molecular weight excluding hydrogens is 286 g/mol. The van der Waals surface area contributed by atoms with Gasteiger partial charge in [-0.15, -0.1) is 0 Å². The van der Waals surface area contributed by atoms with Crippen molar-refractivity contribution in [2.75, 3.05) is 7.11 Å². The summed E-state index contributed by atoms with van der Waals surface area (Å²) in [5.41, 5.74) is -0.224. The van der Waals surface area contributed by atoms with Crippen LogP contribution in [-0.2, 0) is 4.79 Å². The molecule has 1 atom stereocenters. The minimum Gasteiger partial charge on any atom is -0.492 e. The van der Waals surface area contributed by atoms with E-state index in [4.69, 9.17) is 5.11 Å². The third-order valence-corrected chi connectivity index (χ3v) is 2.77. The molecule has 6 heteroatoms. The number of halogens is 3. The van der Waals surface area contributed by atoms with Crippen LogP contribution in [0.3, 0.4) is 0 Å². The largest absolute Gasteiger partial charge is 0.492 e. The lowest BCUT2D eigenvalue weighted by Gasteiger charge is -2.12. The summed E-state index contributed by atoms with van der Waals surface area (Å²) in [5.74, 6) is -5.03. The predicted molar refractivity (Wildman–Crippen MR) is 56.7 cm³/mol. The second-order valence-electron chi connectivity index (χ2n) is 3.17. The van der Waals surface area contributed by atoms with Gasteiger partial charge in [-0.3, -0.25) is 4.79 Å². The second kappa shape index (κ2) is 4.78. The number of carboxylic acids is 1. The standard InChI is InChI=1S/C10H9BrF2O3/c1-4(10(14)15)5-3-6(11)9(16-2)8(13)7(5)12/h3-4H,1-2H3,(H,14,15). The summed E-state index contributed by atoms with van der Waals surface area (Å²) in [6.45, 7) is 1.28. The number of benzene rings is 1. The lowest BCUT2D eigenvalue weighted by Crippen LogP contribution is -2.11. The maximum Gasteiger partial charge on any atom is 0.310 e. The molecule has 88 valence electrons. The van der Waals surface area contributed by atoms with E-state index in [0.29, 0.717) is 0 Å². The molecule has 0 aliphatic heterocycles. The number of carboxylic acid groups (broad SMARTS) is 1. The quantitative estimate of drug-likeness (QED) is 0.872. The Labute approximate surface area is 99.2 Å². The van der Waals surface area contributed by atoms with Gasteiger partial charge in [0.05, 0.1) is 17.5 Å². The Bertz CT molecular complexity index is 435. The van der Waals surface area contributed by atoms with Crippen molar-refractivity contribution in [3.05, 3.63) is 27.7 Å². The number of rotatable bonds is 3. The van der Waals surface area contributed by atoms with Crippen LogP contribution < -0.4 is 4.74 Å². The zero-order valence-electron chi connectivity index (χ0n) is 8.55. The van der Waals surface area contributed by atoms with E-state index < -0.39 is 23.5 Å². The highest BCUT2D eigenvalue weighted by molar-refractivity contribution is 9.10. The number of ether oxygens (including phenoxy) is 1. The molecule has 0 aromatic heterocycles. The van der Waals surface area contributed by atoms with E-state index in [1.54, 1.807) is 0 Å². The minimum absolute atomic E-state index is 0.178. The number of carbonyl (C=O) groups is 1. The fourth-order valence-electron chi connectivity index (χ4n) is 1.23. The monoisotopic (exact) mass is 294 g/mol. The van der Waals surface area contributed by atoms with Crippen molar-refractivity contribution in [3.63, 3.8) is 0 Å². The number of aliphatic carboxylic acids is 1. The first-order valence-corrected chi connectivity index (χ1v) is 5.13. The van der Waals surface area contributed by atoms with Gasteiger partial charge in [-0.2, -0.15) is 4.39 Å². The molecule has 1 aromatic carbocycles. The van der Waals surface area contributed by atoms with Crippen LogP contribution >= 0.6 is 15.9 Å². The molecule has 0 bridgehead atoms. The summed E-state index contributed by atoms with van der Waals surface area (Å²) in [5, 5.41) is 8.73. The molecule has 0 aliphatic carbocycles. The molecule has 1 rings (SSSR count). The Morgan fingerprint density at radius 1 is 1.50 bits per heavy atom. The number of hydrogen-bond donors (Lipinski definition) is 1. The lowest BCUT2D eigenvalue weighted by molar-refractivity contribution is -0.138. The SMILES string of the molecule is COc1c(Br)cc(C(C)C(=O)O)c(F)c1F. The average Bonchev–Trinajstić information content (AvgIpc) is 2.23. The van der Waals surface area contributed by atoms with Gasteiger partial charge in [0.25, 0.3) is 0 Å². The molecule has 1 N–H and O–H groups in total. The summed E-state index contributed by atoms with van der Waals surface area (Å²) < 4.78 is 31.7. The molecule has 0 spiro atoms. The lowest BCUT2D eigenvalue weighted by atomic mass is 10.0. The van der Waals surface area contributed by atoms with E-state index in [1.165, 1.54) is 20.1 Å². The first-order valence-electron chi connectivity index (χ1n) is 4.34. The molecule has 0 aliphatic rings. The molecule has 0 fully saturated rings. The fourth-order valence-corrected chi connectivity index (χ4v) is 1.81. The van der Waals surface area contributed by atoms with Crippen molar-refractivity contribution in [1.29, 1.82) is 0 Å². The van der Waals surface area contributed by atoms with Gasteiger partial charge in [-0.05, 0) is 28.9 Å². The third-order valence-electron chi connectivity index (χ3n) is 2.19. The molecule has 16 heavy (non-hydrogen) atoms. The van der Waals surface area contributed by atoms with Gasteiger partial charge in [0, 0.05) is 5.56 Å². The normalized spacial score (nSPS) is 12.3. The van der Waals surface area contributed by atoms with Crippen LogP contribution in [0.4, 0.5) is 8.78 Å². The van der Waals surface area contributed by atoms with Crippen LogP contribution in [0.1, 0.15) is 18.4 Å². The van der Waals surface area contributed by atoms with Crippen LogP contribution in [0.25, 0.3) is 0 Å². The predicted octanol–water partition coefficient (Wildman–Crippen LogP) is 2.92. The van der Waals surface area contributed by atoms with E-state index in [1.807, 2.05) is 0 Å². The van der Waals surface area contributed by atoms with E-state index >= 15 is 0 Å². The summed E-state index contributed by atoms with van der Waals surface area (Å²) >= 11 is 2.99. The highest BCUT2D eigenvalue weighted by atomic mass is 79.9. The second-order valence-corrected chi connectivity index (χ2v) is 4.02. The summed E-state index contributed by atoms with van der Waals surface area (Å²) in [6, 6.07) is 1.20. The maximum atomic E-state index is 13.5. The van der Waals surface area contributed by atoms with E-state index in [9.17, 15) is 13.6 Å². The zero-order valence-corrected chi connectivity index (χ0v) is 10.1. The molecule has 3 nitrogen and oxygen atoms in total. The van der Waals surface area contributed by atoms with Crippen molar-refractivity contribution < 1.29 is 23.4 Å². The number of hydrogen-bond acceptors (Lipinski definition) is 2. The number of methoxy groups -OCH3 is 1. The van der Waals surface area contributed by atoms with Gasteiger partial charge in [0.1, 0.15) is 0 Å². The molecule has 0 amide bonds. The average molecular weight is 295 g/mol. The molecule has 1 aromatic rings. The van der Waals surface area contributed by atoms with Crippen LogP contribution in [-0.4, -0.2) is 18.2 Å². The highest BCUT2D eigenvalue weighted by Crippen LogP contribution is 2.34. The molecule has 1 unspecified atom stereocenters. The Morgan fingerprint density at radius 3 is 2.50 bits per heavy atom. The van der Waals surface area contributed by atoms with Gasteiger partial charge in [-0.1, -0.05) is 0 Å². The van der Waals surface area contributed by atoms with Crippen LogP contribution in [0, 0.1) is 11.6 Å². The van der Waals surface area contributed by atoms with Crippen LogP contribution in [0.2, 0.25) is 0 Å². The molecule has 0 saturated carbocycles. The van der Waals surface area contributed by atoms with E-state index in [2.05, 4.69) is 20.7 Å². The topological polar surface area (TPSA) is 46.5 Å². The van der Waals surface area contributed by atoms with Crippen molar-refractivity contribution in [2.24, 2.45) is 0 Å². The fraction of sp³-hybridized carbons (Fsp3) is 0.300. The van der Waals surface area contributed by atoms with Crippen LogP contribution in [0.15, 0.2) is 10.5 Å². The molecule has 0 heterocycles. The first-order chi connectivity index (χ1) is 7.40. The van der Waals surface area contributed by atoms with Crippen molar-refractivity contribution >= 4 is 21.9 Å². The van der Waals surface area contributed by atoms with Gasteiger partial charge in [0.2, 0.25) is 5.82 Å². The summed E-state index contributed by atoms with van der Waals surface area (Å²) in [4.78, 5) is 10.7. The van der Waals surface area contributed by atoms with E-state index in [-0.39, 0.29) is 15.8 Å². The third kappa shape index (κ3) is 2.16.